The minimum Gasteiger partial charge on any atom is -0.384 e. The van der Waals surface area contributed by atoms with Gasteiger partial charge in [0.15, 0.2) is 0 Å². The third-order valence-corrected chi connectivity index (χ3v) is 4.14. The SMILES string of the molecule is CCc1ccc2c(c1)c(-c1cc(N)n(C)n1)c(C)n2C. The number of nitrogen functional groups attached to an aromatic ring is 1. The molecule has 0 atom stereocenters. The molecule has 3 rings (SSSR count). The molecule has 0 radical (unpaired) electrons. The molecule has 0 fully saturated rings. The summed E-state index contributed by atoms with van der Waals surface area (Å²) in [5.41, 5.74) is 11.8. The maximum absolute atomic E-state index is 5.93. The summed E-state index contributed by atoms with van der Waals surface area (Å²) < 4.78 is 3.94. The molecule has 0 amide bonds. The highest BCUT2D eigenvalue weighted by molar-refractivity contribution is 5.97. The van der Waals surface area contributed by atoms with Gasteiger partial charge in [-0.1, -0.05) is 13.0 Å². The Labute approximate surface area is 118 Å². The van der Waals surface area contributed by atoms with Crippen LogP contribution < -0.4 is 5.73 Å². The fourth-order valence-electron chi connectivity index (χ4n) is 2.77. The van der Waals surface area contributed by atoms with Crippen molar-refractivity contribution >= 4 is 16.7 Å². The van der Waals surface area contributed by atoms with Crippen molar-refractivity contribution in [3.8, 4) is 11.3 Å². The molecule has 0 unspecified atom stereocenters. The second-order valence-corrected chi connectivity index (χ2v) is 5.30. The predicted octanol–water partition coefficient (Wildman–Crippen LogP) is 3.03. The van der Waals surface area contributed by atoms with E-state index in [1.807, 2.05) is 13.1 Å². The molecule has 20 heavy (non-hydrogen) atoms. The highest BCUT2D eigenvalue weighted by Crippen LogP contribution is 2.34. The molecule has 2 heterocycles. The molecular weight excluding hydrogens is 248 g/mol. The Morgan fingerprint density at radius 1 is 1.20 bits per heavy atom. The number of nitrogens with zero attached hydrogens (tertiary/aromatic N) is 3. The van der Waals surface area contributed by atoms with Crippen LogP contribution in [0, 0.1) is 6.92 Å². The lowest BCUT2D eigenvalue weighted by atomic mass is 10.0. The van der Waals surface area contributed by atoms with Crippen molar-refractivity contribution in [2.45, 2.75) is 20.3 Å². The molecule has 104 valence electrons. The first kappa shape index (κ1) is 12.8. The quantitative estimate of drug-likeness (QED) is 0.776. The second-order valence-electron chi connectivity index (χ2n) is 5.30. The third kappa shape index (κ3) is 1.72. The molecule has 3 aromatic rings. The van der Waals surface area contributed by atoms with Crippen LogP contribution in [-0.4, -0.2) is 14.3 Å². The molecule has 2 aromatic heterocycles. The van der Waals surface area contributed by atoms with Crippen molar-refractivity contribution in [3.05, 3.63) is 35.5 Å². The number of fused-ring (bicyclic) bond motifs is 1. The van der Waals surface area contributed by atoms with E-state index in [1.165, 1.54) is 27.7 Å². The molecule has 0 aliphatic rings. The maximum Gasteiger partial charge on any atom is 0.121 e. The zero-order valence-electron chi connectivity index (χ0n) is 12.4. The maximum atomic E-state index is 5.93. The molecule has 0 spiro atoms. The lowest BCUT2D eigenvalue weighted by Crippen LogP contribution is -1.96. The van der Waals surface area contributed by atoms with Gasteiger partial charge >= 0.3 is 0 Å². The highest BCUT2D eigenvalue weighted by Gasteiger charge is 2.16. The first-order chi connectivity index (χ1) is 9.52. The van der Waals surface area contributed by atoms with Gasteiger partial charge in [0.2, 0.25) is 0 Å². The molecule has 0 bridgehead atoms. The number of hydrogen-bond acceptors (Lipinski definition) is 2. The minimum atomic E-state index is 0.683. The summed E-state index contributed by atoms with van der Waals surface area (Å²) in [7, 11) is 3.97. The van der Waals surface area contributed by atoms with E-state index in [0.29, 0.717) is 5.82 Å². The Balaban J connectivity index is 2.36. The minimum absolute atomic E-state index is 0.683. The summed E-state index contributed by atoms with van der Waals surface area (Å²) in [4.78, 5) is 0. The monoisotopic (exact) mass is 268 g/mol. The molecule has 2 N–H and O–H groups in total. The van der Waals surface area contributed by atoms with Crippen molar-refractivity contribution < 1.29 is 0 Å². The van der Waals surface area contributed by atoms with Crippen molar-refractivity contribution in [2.75, 3.05) is 5.73 Å². The van der Waals surface area contributed by atoms with Gasteiger partial charge in [0.25, 0.3) is 0 Å². The van der Waals surface area contributed by atoms with Crippen LogP contribution in [-0.2, 0) is 20.5 Å². The van der Waals surface area contributed by atoms with Gasteiger partial charge in [-0.05, 0) is 31.0 Å². The Kier molecular flexibility index (Phi) is 2.82. The molecular formula is C16H20N4. The molecule has 4 nitrogen and oxygen atoms in total. The largest absolute Gasteiger partial charge is 0.384 e. The standard InChI is InChI=1S/C16H20N4/c1-5-11-6-7-14-12(8-11)16(10(2)19(14)3)13-9-15(17)20(4)18-13/h6-9H,5,17H2,1-4H3. The summed E-state index contributed by atoms with van der Waals surface area (Å²) in [5.74, 6) is 0.683. The van der Waals surface area contributed by atoms with Gasteiger partial charge in [0.1, 0.15) is 5.82 Å². The predicted molar refractivity (Wildman–Crippen MR) is 83.6 cm³/mol. The van der Waals surface area contributed by atoms with E-state index in [0.717, 1.165) is 12.1 Å². The molecule has 0 saturated carbocycles. The number of rotatable bonds is 2. The average molecular weight is 268 g/mol. The lowest BCUT2D eigenvalue weighted by Gasteiger charge is -1.99. The van der Waals surface area contributed by atoms with E-state index < -0.39 is 0 Å². The van der Waals surface area contributed by atoms with Crippen LogP contribution in [0.2, 0.25) is 0 Å². The average Bonchev–Trinajstić information content (AvgIpc) is 2.88. The fraction of sp³-hybridized carbons (Fsp3) is 0.312. The van der Waals surface area contributed by atoms with Gasteiger partial charge in [-0.25, -0.2) is 0 Å². The molecule has 1 aromatic carbocycles. The number of hydrogen-bond donors (Lipinski definition) is 1. The lowest BCUT2D eigenvalue weighted by molar-refractivity contribution is 0.782. The van der Waals surface area contributed by atoms with E-state index in [4.69, 9.17) is 5.73 Å². The fourth-order valence-corrected chi connectivity index (χ4v) is 2.77. The van der Waals surface area contributed by atoms with Gasteiger partial charge in [0, 0.05) is 42.3 Å². The van der Waals surface area contributed by atoms with Crippen LogP contribution in [0.5, 0.6) is 0 Å². The van der Waals surface area contributed by atoms with Crippen molar-refractivity contribution in [2.24, 2.45) is 14.1 Å². The van der Waals surface area contributed by atoms with E-state index in [-0.39, 0.29) is 0 Å². The summed E-state index contributed by atoms with van der Waals surface area (Å²) in [6.07, 6.45) is 1.04. The first-order valence-electron chi connectivity index (χ1n) is 6.90. The Bertz CT molecular complexity index is 773. The summed E-state index contributed by atoms with van der Waals surface area (Å²) in [6.45, 7) is 4.31. The van der Waals surface area contributed by atoms with Crippen LogP contribution in [0.25, 0.3) is 22.2 Å². The zero-order valence-corrected chi connectivity index (χ0v) is 12.4. The van der Waals surface area contributed by atoms with Gasteiger partial charge in [-0.3, -0.25) is 4.68 Å². The van der Waals surface area contributed by atoms with E-state index in [2.05, 4.69) is 48.8 Å². The highest BCUT2D eigenvalue weighted by atomic mass is 15.3. The van der Waals surface area contributed by atoms with Gasteiger partial charge < -0.3 is 10.3 Å². The summed E-state index contributed by atoms with van der Waals surface area (Å²) in [5, 5.41) is 5.79. The zero-order chi connectivity index (χ0) is 14.4. The molecule has 0 aliphatic heterocycles. The number of nitrogens with two attached hydrogens (primary N) is 1. The number of aryl methyl sites for hydroxylation is 3. The van der Waals surface area contributed by atoms with Crippen molar-refractivity contribution in [1.29, 1.82) is 0 Å². The summed E-state index contributed by atoms with van der Waals surface area (Å²) >= 11 is 0. The second kappa shape index (κ2) is 4.40. The van der Waals surface area contributed by atoms with Gasteiger partial charge in [-0.2, -0.15) is 5.10 Å². The van der Waals surface area contributed by atoms with Gasteiger partial charge in [-0.15, -0.1) is 0 Å². The topological polar surface area (TPSA) is 48.8 Å². The number of anilines is 1. The van der Waals surface area contributed by atoms with E-state index in [9.17, 15) is 0 Å². The summed E-state index contributed by atoms with van der Waals surface area (Å²) in [6, 6.07) is 8.60. The third-order valence-electron chi connectivity index (χ3n) is 4.14. The van der Waals surface area contributed by atoms with Crippen molar-refractivity contribution in [1.82, 2.24) is 14.3 Å². The molecule has 0 aliphatic carbocycles. The normalized spacial score (nSPS) is 11.4. The number of aromatic nitrogens is 3. The Hall–Kier alpha value is -2.23. The van der Waals surface area contributed by atoms with E-state index >= 15 is 0 Å². The number of benzene rings is 1. The van der Waals surface area contributed by atoms with Crippen molar-refractivity contribution in [3.63, 3.8) is 0 Å². The van der Waals surface area contributed by atoms with Gasteiger partial charge in [0.05, 0.1) is 5.69 Å². The molecule has 4 heteroatoms. The first-order valence-corrected chi connectivity index (χ1v) is 6.90. The smallest absolute Gasteiger partial charge is 0.121 e. The Morgan fingerprint density at radius 2 is 1.95 bits per heavy atom. The van der Waals surface area contributed by atoms with Crippen LogP contribution in [0.1, 0.15) is 18.2 Å². The molecule has 0 saturated heterocycles. The van der Waals surface area contributed by atoms with E-state index in [1.54, 1.807) is 4.68 Å². The van der Waals surface area contributed by atoms with Crippen LogP contribution in [0.15, 0.2) is 24.3 Å². The van der Waals surface area contributed by atoms with Crippen LogP contribution in [0.4, 0.5) is 5.82 Å². The van der Waals surface area contributed by atoms with Crippen LogP contribution >= 0.6 is 0 Å². The Morgan fingerprint density at radius 3 is 2.55 bits per heavy atom. The van der Waals surface area contributed by atoms with Crippen LogP contribution in [0.3, 0.4) is 0 Å².